The minimum Gasteiger partial charge on any atom is -1.00 e. The molecule has 100 valence electrons. The highest BCUT2D eigenvalue weighted by atomic mass is 79.9. The Morgan fingerprint density at radius 3 is 2.41 bits per heavy atom. The molecule has 0 radical (unpaired) electrons. The van der Waals surface area contributed by atoms with Gasteiger partial charge in [0.2, 0.25) is 0 Å². The molecule has 2 bridgehead atoms. The summed E-state index contributed by atoms with van der Waals surface area (Å²) in [4.78, 5) is 2.47. The van der Waals surface area contributed by atoms with Gasteiger partial charge >= 0.3 is 0 Å². The quantitative estimate of drug-likeness (QED) is 0.616. The molecular formula is C14H27BrN2. The smallest absolute Gasteiger partial charge is 0.112 e. The van der Waals surface area contributed by atoms with E-state index in [-0.39, 0.29) is 17.0 Å². The molecule has 0 aromatic carbocycles. The Bertz CT molecular complexity index is 245. The van der Waals surface area contributed by atoms with Crippen molar-refractivity contribution >= 4 is 0 Å². The van der Waals surface area contributed by atoms with Gasteiger partial charge in [0, 0.05) is 5.92 Å². The van der Waals surface area contributed by atoms with Gasteiger partial charge in [-0.15, -0.1) is 0 Å². The van der Waals surface area contributed by atoms with Gasteiger partial charge < -0.3 is 21.9 Å². The summed E-state index contributed by atoms with van der Waals surface area (Å²) in [6.45, 7) is 11.3. The van der Waals surface area contributed by atoms with Crippen LogP contribution in [0.5, 0.6) is 0 Å². The summed E-state index contributed by atoms with van der Waals surface area (Å²) < 4.78 is 1.28. The molecule has 0 spiro atoms. The lowest BCUT2D eigenvalue weighted by Crippen LogP contribution is -3.00. The number of halogens is 1. The first kappa shape index (κ1) is 15.0. The van der Waals surface area contributed by atoms with Crippen molar-refractivity contribution < 1.29 is 21.5 Å². The minimum absolute atomic E-state index is 0. The predicted octanol–water partition coefficient (Wildman–Crippen LogP) is -0.176. The average molecular weight is 303 g/mol. The van der Waals surface area contributed by atoms with Gasteiger partial charge in [0.05, 0.1) is 25.8 Å². The van der Waals surface area contributed by atoms with Gasteiger partial charge in [-0.25, -0.2) is 0 Å². The zero-order chi connectivity index (χ0) is 11.4. The lowest BCUT2D eigenvalue weighted by atomic mass is 9.96. The fourth-order valence-electron chi connectivity index (χ4n) is 3.09. The molecular weight excluding hydrogens is 276 g/mol. The molecule has 3 rings (SSSR count). The van der Waals surface area contributed by atoms with Gasteiger partial charge in [-0.3, -0.25) is 4.48 Å². The zero-order valence-corrected chi connectivity index (χ0v) is 13.0. The molecule has 3 heteroatoms. The largest absolute Gasteiger partial charge is 1.00 e. The van der Waals surface area contributed by atoms with E-state index < -0.39 is 0 Å². The number of quaternary nitrogens is 1. The van der Waals surface area contributed by atoms with Crippen molar-refractivity contribution in [3.63, 3.8) is 0 Å². The summed E-state index contributed by atoms with van der Waals surface area (Å²) >= 11 is 0. The Labute approximate surface area is 117 Å². The van der Waals surface area contributed by atoms with Gasteiger partial charge in [-0.1, -0.05) is 26.7 Å². The summed E-state index contributed by atoms with van der Waals surface area (Å²) in [5.41, 5.74) is 0. The molecule has 0 amide bonds. The highest BCUT2D eigenvalue weighted by Crippen LogP contribution is 2.25. The Morgan fingerprint density at radius 1 is 1.24 bits per heavy atom. The van der Waals surface area contributed by atoms with Crippen LogP contribution >= 0.6 is 0 Å². The highest BCUT2D eigenvalue weighted by Gasteiger charge is 2.35. The summed E-state index contributed by atoms with van der Waals surface area (Å²) in [6, 6.07) is 0. The Balaban J connectivity index is 0.00000144. The van der Waals surface area contributed by atoms with Gasteiger partial charge in [-0.2, -0.15) is 0 Å². The van der Waals surface area contributed by atoms with Crippen LogP contribution in [0.1, 0.15) is 39.5 Å². The second-order valence-electron chi connectivity index (χ2n) is 5.60. The van der Waals surface area contributed by atoms with E-state index in [0.717, 1.165) is 5.92 Å². The molecule has 1 fully saturated rings. The van der Waals surface area contributed by atoms with Crippen LogP contribution in [0, 0.1) is 5.92 Å². The number of unbranched alkanes of at least 4 members (excludes halogenated alkanes) is 1. The van der Waals surface area contributed by atoms with E-state index in [0.29, 0.717) is 0 Å². The maximum absolute atomic E-state index is 2.47. The van der Waals surface area contributed by atoms with Gasteiger partial charge in [0.25, 0.3) is 0 Å². The Kier molecular flexibility index (Phi) is 6.01. The molecule has 0 aromatic heterocycles. The van der Waals surface area contributed by atoms with Crippen molar-refractivity contribution in [1.29, 1.82) is 0 Å². The summed E-state index contributed by atoms with van der Waals surface area (Å²) in [5, 5.41) is 0. The molecule has 0 aliphatic carbocycles. The normalized spacial score (nSPS) is 22.4. The molecule has 3 aliphatic heterocycles. The number of hydrogen-bond donors (Lipinski definition) is 0. The molecule has 1 atom stereocenters. The fraction of sp³-hybridized carbons (Fsp3) is 0.857. The number of hydrogen-bond acceptors (Lipinski definition) is 1. The Hall–Kier alpha value is -0.0200. The lowest BCUT2D eigenvalue weighted by molar-refractivity contribution is -0.892. The minimum atomic E-state index is 0. The summed E-state index contributed by atoms with van der Waals surface area (Å²) in [6.07, 6.45) is 10.3. The van der Waals surface area contributed by atoms with Gasteiger partial charge in [0.1, 0.15) is 19.3 Å². The molecule has 0 N–H and O–H groups in total. The molecule has 3 heterocycles. The van der Waals surface area contributed by atoms with Crippen molar-refractivity contribution in [2.24, 2.45) is 5.92 Å². The van der Waals surface area contributed by atoms with E-state index in [1.807, 2.05) is 0 Å². The molecule has 0 aromatic rings. The van der Waals surface area contributed by atoms with Crippen LogP contribution < -0.4 is 17.0 Å². The maximum Gasteiger partial charge on any atom is 0.112 e. The predicted molar refractivity (Wildman–Crippen MR) is 68.9 cm³/mol. The topological polar surface area (TPSA) is 3.24 Å². The second kappa shape index (κ2) is 6.79. The Morgan fingerprint density at radius 2 is 1.94 bits per heavy atom. The van der Waals surface area contributed by atoms with E-state index in [2.05, 4.69) is 31.1 Å². The first-order valence-electron chi connectivity index (χ1n) is 7.07. The molecule has 1 saturated heterocycles. The van der Waals surface area contributed by atoms with Gasteiger partial charge in [0.15, 0.2) is 0 Å². The zero-order valence-electron chi connectivity index (χ0n) is 11.4. The number of fused-ring (bicyclic) bond motifs is 2. The maximum atomic E-state index is 2.47. The van der Waals surface area contributed by atoms with E-state index in [1.165, 1.54) is 62.9 Å². The van der Waals surface area contributed by atoms with Crippen molar-refractivity contribution in [1.82, 2.24) is 4.90 Å². The van der Waals surface area contributed by atoms with E-state index in [4.69, 9.17) is 0 Å². The molecule has 1 unspecified atom stereocenters. The van der Waals surface area contributed by atoms with Crippen molar-refractivity contribution in [3.05, 3.63) is 12.4 Å². The van der Waals surface area contributed by atoms with E-state index >= 15 is 0 Å². The van der Waals surface area contributed by atoms with E-state index in [1.54, 1.807) is 0 Å². The third-order valence-electron chi connectivity index (χ3n) is 4.42. The van der Waals surface area contributed by atoms with Crippen LogP contribution in [0.15, 0.2) is 12.4 Å². The average Bonchev–Trinajstić information content (AvgIpc) is 2.36. The second-order valence-corrected chi connectivity index (χ2v) is 5.60. The van der Waals surface area contributed by atoms with Crippen LogP contribution in [0.25, 0.3) is 0 Å². The molecule has 0 saturated carbocycles. The van der Waals surface area contributed by atoms with Crippen molar-refractivity contribution in [3.8, 4) is 0 Å². The van der Waals surface area contributed by atoms with Crippen molar-refractivity contribution in [2.45, 2.75) is 39.5 Å². The number of nitrogens with zero attached hydrogens (tertiary/aromatic N) is 2. The number of piperazine rings is 1. The first-order chi connectivity index (χ1) is 7.78. The standard InChI is InChI=1S/C14H27N2.BrH/c1-3-5-6-14(4-2)13-16-10-7-15(8-11-16)9-12-16;/h7,10,14H,3-6,8-9,11-13H2,1-2H3;1H/q+1;/p-1. The van der Waals surface area contributed by atoms with Crippen LogP contribution in [0.2, 0.25) is 0 Å². The summed E-state index contributed by atoms with van der Waals surface area (Å²) in [7, 11) is 0. The van der Waals surface area contributed by atoms with E-state index in [9.17, 15) is 0 Å². The first-order valence-corrected chi connectivity index (χ1v) is 7.07. The van der Waals surface area contributed by atoms with Crippen LogP contribution in [-0.4, -0.2) is 42.1 Å². The van der Waals surface area contributed by atoms with Crippen LogP contribution in [-0.2, 0) is 0 Å². The van der Waals surface area contributed by atoms with Gasteiger partial charge in [-0.05, 0) is 12.8 Å². The lowest BCUT2D eigenvalue weighted by Gasteiger charge is -2.47. The van der Waals surface area contributed by atoms with Crippen LogP contribution in [0.3, 0.4) is 0 Å². The summed E-state index contributed by atoms with van der Waals surface area (Å²) in [5.74, 6) is 0.939. The number of rotatable bonds is 6. The monoisotopic (exact) mass is 302 g/mol. The highest BCUT2D eigenvalue weighted by molar-refractivity contribution is 4.87. The fourth-order valence-corrected chi connectivity index (χ4v) is 3.09. The third kappa shape index (κ3) is 3.72. The molecule has 2 nitrogen and oxygen atoms in total. The molecule has 3 aliphatic rings. The SMILES string of the molecule is CCCCC(CC)C[N+]12C=CN(CC1)CC2.[Br-]. The third-order valence-corrected chi connectivity index (χ3v) is 4.42. The van der Waals surface area contributed by atoms with Crippen molar-refractivity contribution in [2.75, 3.05) is 32.7 Å². The molecule has 17 heavy (non-hydrogen) atoms. The van der Waals surface area contributed by atoms with Crippen LogP contribution in [0.4, 0.5) is 0 Å².